The first-order chi connectivity index (χ1) is 14.6. The van der Waals surface area contributed by atoms with Gasteiger partial charge in [-0.1, -0.05) is 24.3 Å². The van der Waals surface area contributed by atoms with E-state index in [9.17, 15) is 4.39 Å². The van der Waals surface area contributed by atoms with Crippen molar-refractivity contribution < 1.29 is 13.9 Å². The van der Waals surface area contributed by atoms with Crippen LogP contribution in [0.4, 0.5) is 10.1 Å². The maximum Gasteiger partial charge on any atom is 0.148 e. The first-order valence-corrected chi connectivity index (χ1v) is 10.1. The normalized spacial score (nSPS) is 18.3. The van der Waals surface area contributed by atoms with Gasteiger partial charge in [0.25, 0.3) is 0 Å². The molecule has 3 aromatic rings. The van der Waals surface area contributed by atoms with Gasteiger partial charge in [-0.25, -0.2) is 4.39 Å². The van der Waals surface area contributed by atoms with E-state index in [1.54, 1.807) is 19.2 Å². The fraction of sp³-hybridized carbons (Fsp3) is 0.240. The van der Waals surface area contributed by atoms with Gasteiger partial charge in [0.2, 0.25) is 0 Å². The quantitative estimate of drug-likeness (QED) is 0.534. The SMILES string of the molecule is CCOc1ccc(N2C(C)C(c3ccc(F)cc3)=NC2c2ccc(OC)cc2)cc1. The third-order valence-corrected chi connectivity index (χ3v) is 5.34. The number of rotatable bonds is 6. The number of hydrogen-bond donors (Lipinski definition) is 0. The number of benzene rings is 3. The molecule has 1 aliphatic heterocycles. The van der Waals surface area contributed by atoms with Gasteiger partial charge in [-0.2, -0.15) is 0 Å². The second-order valence-corrected chi connectivity index (χ2v) is 7.18. The predicted molar refractivity (Wildman–Crippen MR) is 118 cm³/mol. The maximum atomic E-state index is 13.5. The fourth-order valence-corrected chi connectivity index (χ4v) is 3.84. The van der Waals surface area contributed by atoms with Gasteiger partial charge < -0.3 is 14.4 Å². The average molecular weight is 404 g/mol. The summed E-state index contributed by atoms with van der Waals surface area (Å²) in [6.45, 7) is 4.73. The van der Waals surface area contributed by atoms with Crippen molar-refractivity contribution in [3.8, 4) is 11.5 Å². The molecule has 2 atom stereocenters. The Morgan fingerprint density at radius 3 is 2.13 bits per heavy atom. The minimum atomic E-state index is -0.250. The summed E-state index contributed by atoms with van der Waals surface area (Å²) >= 11 is 0. The fourth-order valence-electron chi connectivity index (χ4n) is 3.84. The lowest BCUT2D eigenvalue weighted by Gasteiger charge is -2.30. The van der Waals surface area contributed by atoms with E-state index in [-0.39, 0.29) is 18.0 Å². The van der Waals surface area contributed by atoms with Gasteiger partial charge in [-0.05, 0) is 73.5 Å². The highest BCUT2D eigenvalue weighted by Gasteiger charge is 2.35. The topological polar surface area (TPSA) is 34.1 Å². The summed E-state index contributed by atoms with van der Waals surface area (Å²) in [4.78, 5) is 7.33. The summed E-state index contributed by atoms with van der Waals surface area (Å²) in [6.07, 6.45) is -0.191. The molecule has 1 heterocycles. The van der Waals surface area contributed by atoms with Crippen LogP contribution in [0.15, 0.2) is 77.8 Å². The van der Waals surface area contributed by atoms with Crippen LogP contribution < -0.4 is 14.4 Å². The smallest absolute Gasteiger partial charge is 0.148 e. The molecule has 0 spiro atoms. The predicted octanol–water partition coefficient (Wildman–Crippen LogP) is 5.63. The van der Waals surface area contributed by atoms with E-state index >= 15 is 0 Å². The summed E-state index contributed by atoms with van der Waals surface area (Å²) in [7, 11) is 1.66. The molecule has 5 heteroatoms. The van der Waals surface area contributed by atoms with E-state index in [0.29, 0.717) is 6.61 Å². The molecule has 0 fully saturated rings. The first kappa shape index (κ1) is 20.0. The molecular weight excluding hydrogens is 379 g/mol. The minimum absolute atomic E-state index is 0.0144. The molecule has 1 aliphatic rings. The molecule has 0 aromatic heterocycles. The van der Waals surface area contributed by atoms with Gasteiger partial charge in [0.15, 0.2) is 0 Å². The van der Waals surface area contributed by atoms with E-state index in [2.05, 4.69) is 24.0 Å². The van der Waals surface area contributed by atoms with Crippen molar-refractivity contribution in [1.29, 1.82) is 0 Å². The second kappa shape index (κ2) is 8.57. The lowest BCUT2D eigenvalue weighted by molar-refractivity contribution is 0.340. The van der Waals surface area contributed by atoms with E-state index in [1.165, 1.54) is 12.1 Å². The molecule has 0 N–H and O–H groups in total. The van der Waals surface area contributed by atoms with Crippen molar-refractivity contribution in [3.63, 3.8) is 0 Å². The third kappa shape index (κ3) is 3.88. The van der Waals surface area contributed by atoms with Crippen LogP contribution in [-0.4, -0.2) is 25.5 Å². The molecule has 4 nitrogen and oxygen atoms in total. The van der Waals surface area contributed by atoms with Gasteiger partial charge in [0.05, 0.1) is 25.5 Å². The summed E-state index contributed by atoms with van der Waals surface area (Å²) in [5.41, 5.74) is 3.97. The molecule has 0 radical (unpaired) electrons. The number of anilines is 1. The summed E-state index contributed by atoms with van der Waals surface area (Å²) < 4.78 is 24.3. The zero-order valence-corrected chi connectivity index (χ0v) is 17.4. The van der Waals surface area contributed by atoms with Crippen molar-refractivity contribution in [2.75, 3.05) is 18.6 Å². The van der Waals surface area contributed by atoms with E-state index in [4.69, 9.17) is 14.5 Å². The lowest BCUT2D eigenvalue weighted by atomic mass is 10.0. The standard InChI is InChI=1S/C25H25FN2O2/c1-4-30-23-15-11-21(12-16-23)28-17(2)24(18-5-9-20(26)10-6-18)27-25(28)19-7-13-22(29-3)14-8-19/h5-17,25H,4H2,1-3H3. The summed E-state index contributed by atoms with van der Waals surface area (Å²) in [6, 6.07) is 22.6. The second-order valence-electron chi connectivity index (χ2n) is 7.18. The summed E-state index contributed by atoms with van der Waals surface area (Å²) in [5.74, 6) is 1.40. The van der Waals surface area contributed by atoms with Crippen molar-refractivity contribution >= 4 is 11.4 Å². The Morgan fingerprint density at radius 1 is 0.900 bits per heavy atom. The largest absolute Gasteiger partial charge is 0.497 e. The number of hydrogen-bond acceptors (Lipinski definition) is 4. The van der Waals surface area contributed by atoms with Crippen LogP contribution in [0.1, 0.15) is 31.1 Å². The van der Waals surface area contributed by atoms with Crippen LogP contribution in [0.3, 0.4) is 0 Å². The van der Waals surface area contributed by atoms with Crippen molar-refractivity contribution in [1.82, 2.24) is 0 Å². The molecule has 0 saturated carbocycles. The molecule has 3 aromatic carbocycles. The highest BCUT2D eigenvalue weighted by molar-refractivity contribution is 6.07. The molecule has 2 unspecified atom stereocenters. The Labute approximate surface area is 176 Å². The van der Waals surface area contributed by atoms with Gasteiger partial charge in [-0.3, -0.25) is 4.99 Å². The molecule has 30 heavy (non-hydrogen) atoms. The molecule has 0 amide bonds. The van der Waals surface area contributed by atoms with Crippen LogP contribution >= 0.6 is 0 Å². The van der Waals surface area contributed by atoms with Gasteiger partial charge >= 0.3 is 0 Å². The lowest BCUT2D eigenvalue weighted by Crippen LogP contribution is -2.35. The van der Waals surface area contributed by atoms with Crippen LogP contribution in [-0.2, 0) is 0 Å². The number of aliphatic imine (C=N–C) groups is 1. The number of ether oxygens (including phenoxy) is 2. The third-order valence-electron chi connectivity index (χ3n) is 5.34. The van der Waals surface area contributed by atoms with Crippen LogP contribution in [0, 0.1) is 5.82 Å². The van der Waals surface area contributed by atoms with E-state index < -0.39 is 0 Å². The zero-order chi connectivity index (χ0) is 21.1. The molecule has 0 bridgehead atoms. The molecule has 154 valence electrons. The molecular formula is C25H25FN2O2. The molecule has 4 rings (SSSR count). The van der Waals surface area contributed by atoms with Crippen molar-refractivity contribution in [2.24, 2.45) is 4.99 Å². The highest BCUT2D eigenvalue weighted by atomic mass is 19.1. The number of halogens is 1. The Kier molecular flexibility index (Phi) is 5.70. The first-order valence-electron chi connectivity index (χ1n) is 10.1. The van der Waals surface area contributed by atoms with E-state index in [1.807, 2.05) is 43.3 Å². The number of nitrogens with zero attached hydrogens (tertiary/aromatic N) is 2. The average Bonchev–Trinajstić information content (AvgIpc) is 3.12. The molecule has 0 saturated heterocycles. The Bertz CT molecular complexity index is 1010. The summed E-state index contributed by atoms with van der Waals surface area (Å²) in [5, 5.41) is 0. The highest BCUT2D eigenvalue weighted by Crippen LogP contribution is 2.38. The minimum Gasteiger partial charge on any atom is -0.497 e. The van der Waals surface area contributed by atoms with Crippen molar-refractivity contribution in [2.45, 2.75) is 26.1 Å². The van der Waals surface area contributed by atoms with Gasteiger partial charge in [0, 0.05) is 5.69 Å². The Hall–Kier alpha value is -3.34. The van der Waals surface area contributed by atoms with Crippen LogP contribution in [0.2, 0.25) is 0 Å². The maximum absolute atomic E-state index is 13.5. The van der Waals surface area contributed by atoms with Gasteiger partial charge in [-0.15, -0.1) is 0 Å². The Morgan fingerprint density at radius 2 is 1.53 bits per heavy atom. The Balaban J connectivity index is 1.74. The monoisotopic (exact) mass is 404 g/mol. The van der Waals surface area contributed by atoms with Crippen LogP contribution in [0.25, 0.3) is 0 Å². The van der Waals surface area contributed by atoms with Gasteiger partial charge in [0.1, 0.15) is 23.5 Å². The van der Waals surface area contributed by atoms with Crippen molar-refractivity contribution in [3.05, 3.63) is 89.7 Å². The zero-order valence-electron chi connectivity index (χ0n) is 17.4. The van der Waals surface area contributed by atoms with Crippen LogP contribution in [0.5, 0.6) is 11.5 Å². The molecule has 0 aliphatic carbocycles. The number of methoxy groups -OCH3 is 1. The van der Waals surface area contributed by atoms with E-state index in [0.717, 1.165) is 34.0 Å².